The number of rotatable bonds is 4. The highest BCUT2D eigenvalue weighted by Gasteiger charge is 2.60. The molecule has 1 aromatic carbocycles. The van der Waals surface area contributed by atoms with Crippen LogP contribution in [0.1, 0.15) is 38.5 Å². The Balaban J connectivity index is 1.22. The number of aliphatic hydroxyl groups is 1. The predicted molar refractivity (Wildman–Crippen MR) is 101 cm³/mol. The number of nitrogens with one attached hydrogen (secondary N) is 3. The number of aromatic nitrogens is 2. The highest BCUT2D eigenvalue weighted by atomic mass is 16.5. The number of H-pyrrole nitrogens is 2. The molecule has 1 aromatic heterocycles. The number of amides is 1. The van der Waals surface area contributed by atoms with Gasteiger partial charge in [-0.15, -0.1) is 0 Å². The van der Waals surface area contributed by atoms with Crippen molar-refractivity contribution in [1.82, 2.24) is 9.97 Å². The maximum Gasteiger partial charge on any atom is 0.323 e. The topological polar surface area (TPSA) is 124 Å². The highest BCUT2D eigenvalue weighted by Crippen LogP contribution is 2.61. The van der Waals surface area contributed by atoms with E-state index in [2.05, 4.69) is 15.3 Å². The molecule has 2 aromatic rings. The monoisotopic (exact) mass is 385 g/mol. The van der Waals surface area contributed by atoms with Crippen LogP contribution in [0.25, 0.3) is 11.0 Å². The van der Waals surface area contributed by atoms with Crippen molar-refractivity contribution >= 4 is 28.6 Å². The lowest BCUT2D eigenvalue weighted by molar-refractivity contribution is -0.196. The van der Waals surface area contributed by atoms with Gasteiger partial charge in [-0.1, -0.05) is 0 Å². The fourth-order valence-corrected chi connectivity index (χ4v) is 6.04. The molecule has 0 unspecified atom stereocenters. The summed E-state index contributed by atoms with van der Waals surface area (Å²) in [5, 5.41) is 13.4. The summed E-state index contributed by atoms with van der Waals surface area (Å²) < 4.78 is 5.37. The lowest BCUT2D eigenvalue weighted by Gasteiger charge is -2.58. The Morgan fingerprint density at radius 1 is 1.14 bits per heavy atom. The molecule has 8 nitrogen and oxygen atoms in total. The molecule has 0 saturated heterocycles. The minimum absolute atomic E-state index is 0.315. The summed E-state index contributed by atoms with van der Waals surface area (Å²) in [6.07, 6.45) is 4.60. The summed E-state index contributed by atoms with van der Waals surface area (Å²) in [6, 6.07) is 4.99. The summed E-state index contributed by atoms with van der Waals surface area (Å²) in [7, 11) is 0. The first-order chi connectivity index (χ1) is 13.3. The average molecular weight is 385 g/mol. The van der Waals surface area contributed by atoms with Crippen molar-refractivity contribution < 1.29 is 19.4 Å². The number of ether oxygens (including phenoxy) is 1. The molecule has 148 valence electrons. The van der Waals surface area contributed by atoms with Crippen molar-refractivity contribution in [3.8, 4) is 0 Å². The Bertz CT molecular complexity index is 1010. The quantitative estimate of drug-likeness (QED) is 0.596. The van der Waals surface area contributed by atoms with Crippen LogP contribution in [0.4, 0.5) is 5.69 Å². The van der Waals surface area contributed by atoms with Crippen LogP contribution >= 0.6 is 0 Å². The van der Waals surface area contributed by atoms with Gasteiger partial charge < -0.3 is 25.1 Å². The molecule has 0 aliphatic heterocycles. The number of carbonyl (C=O) groups is 2. The van der Waals surface area contributed by atoms with Crippen LogP contribution < -0.4 is 11.0 Å². The van der Waals surface area contributed by atoms with Gasteiger partial charge >= 0.3 is 11.7 Å². The van der Waals surface area contributed by atoms with Crippen molar-refractivity contribution in [3.05, 3.63) is 28.7 Å². The van der Waals surface area contributed by atoms with Crippen LogP contribution in [0.2, 0.25) is 0 Å². The van der Waals surface area contributed by atoms with E-state index in [0.29, 0.717) is 35.0 Å². The molecule has 0 radical (unpaired) electrons. The van der Waals surface area contributed by atoms with E-state index >= 15 is 0 Å². The molecule has 1 amide bonds. The Labute approximate surface area is 160 Å². The van der Waals surface area contributed by atoms with E-state index in [1.807, 2.05) is 0 Å². The number of anilines is 1. The summed E-state index contributed by atoms with van der Waals surface area (Å²) in [5.41, 5.74) is 0.0463. The summed E-state index contributed by atoms with van der Waals surface area (Å²) in [6.45, 7) is -0.365. The number of fused-ring (bicyclic) bond motifs is 1. The second-order valence-corrected chi connectivity index (χ2v) is 8.93. The van der Waals surface area contributed by atoms with Gasteiger partial charge in [0.2, 0.25) is 0 Å². The Hall–Kier alpha value is -2.61. The van der Waals surface area contributed by atoms with Gasteiger partial charge in [0, 0.05) is 5.69 Å². The van der Waals surface area contributed by atoms with E-state index in [4.69, 9.17) is 4.74 Å². The number of imidazole rings is 1. The van der Waals surface area contributed by atoms with Gasteiger partial charge in [0.25, 0.3) is 5.91 Å². The van der Waals surface area contributed by atoms with Crippen LogP contribution in [-0.4, -0.2) is 39.2 Å². The molecule has 4 saturated carbocycles. The van der Waals surface area contributed by atoms with Crippen molar-refractivity contribution in [1.29, 1.82) is 0 Å². The maximum atomic E-state index is 12.8. The van der Waals surface area contributed by atoms with Gasteiger partial charge in [-0.05, 0) is 68.6 Å². The summed E-state index contributed by atoms with van der Waals surface area (Å²) in [5.74, 6) is -0.0414. The van der Waals surface area contributed by atoms with E-state index < -0.39 is 16.9 Å². The Morgan fingerprint density at radius 2 is 1.86 bits per heavy atom. The van der Waals surface area contributed by atoms with Crippen LogP contribution in [0.3, 0.4) is 0 Å². The predicted octanol–water partition coefficient (Wildman–Crippen LogP) is 1.67. The largest absolute Gasteiger partial charge is 0.455 e. The van der Waals surface area contributed by atoms with Crippen molar-refractivity contribution in [2.45, 2.75) is 44.1 Å². The van der Waals surface area contributed by atoms with Gasteiger partial charge in [0.05, 0.1) is 22.0 Å². The van der Waals surface area contributed by atoms with Crippen LogP contribution in [0.5, 0.6) is 0 Å². The van der Waals surface area contributed by atoms with Crippen LogP contribution in [0.15, 0.2) is 23.0 Å². The third-order valence-electron chi connectivity index (χ3n) is 6.60. The fraction of sp³-hybridized carbons (Fsp3) is 0.550. The zero-order valence-corrected chi connectivity index (χ0v) is 15.4. The standard InChI is InChI=1S/C20H23N3O5/c24-16(21-13-1-2-14-15(4-13)23-18(26)22-14)9-28-17(25)19-5-11-3-12(6-19)8-20(27,7-11)10-19/h1-2,4,11-12,27H,3,5-10H2,(H,21,24)(H2,22,23,26)/t11-,12-,19?,20?/m1/s1. The Kier molecular flexibility index (Phi) is 3.71. The SMILES string of the molecule is O=C(COC(=O)C12C[C@H]3C[C@@H](CC(O)(C3)C1)C2)Nc1ccc2[nH]c(=O)[nH]c2c1. The molecular weight excluding hydrogens is 362 g/mol. The van der Waals surface area contributed by atoms with Gasteiger partial charge in [0.1, 0.15) is 0 Å². The summed E-state index contributed by atoms with van der Waals surface area (Å²) >= 11 is 0. The first-order valence-corrected chi connectivity index (χ1v) is 9.74. The molecule has 4 aliphatic carbocycles. The van der Waals surface area contributed by atoms with E-state index in [9.17, 15) is 19.5 Å². The van der Waals surface area contributed by atoms with Crippen molar-refractivity contribution in [3.63, 3.8) is 0 Å². The first-order valence-electron chi connectivity index (χ1n) is 9.74. The lowest BCUT2D eigenvalue weighted by Crippen LogP contribution is -2.58. The fourth-order valence-electron chi connectivity index (χ4n) is 6.04. The molecule has 1 heterocycles. The third-order valence-corrected chi connectivity index (χ3v) is 6.60. The molecule has 4 aliphatic rings. The molecule has 0 spiro atoms. The molecule has 4 bridgehead atoms. The minimum Gasteiger partial charge on any atom is -0.455 e. The normalized spacial score (nSPS) is 33.2. The zero-order chi connectivity index (χ0) is 19.5. The number of aromatic amines is 2. The van der Waals surface area contributed by atoms with Crippen molar-refractivity contribution in [2.75, 3.05) is 11.9 Å². The lowest BCUT2D eigenvalue weighted by atomic mass is 9.48. The van der Waals surface area contributed by atoms with E-state index in [0.717, 1.165) is 32.1 Å². The molecule has 4 N–H and O–H groups in total. The third kappa shape index (κ3) is 2.92. The zero-order valence-electron chi connectivity index (χ0n) is 15.4. The smallest absolute Gasteiger partial charge is 0.323 e. The number of benzene rings is 1. The number of hydrogen-bond acceptors (Lipinski definition) is 5. The van der Waals surface area contributed by atoms with E-state index in [1.165, 1.54) is 0 Å². The van der Waals surface area contributed by atoms with E-state index in [1.54, 1.807) is 18.2 Å². The average Bonchev–Trinajstić information content (AvgIpc) is 2.96. The van der Waals surface area contributed by atoms with Crippen molar-refractivity contribution in [2.24, 2.45) is 17.3 Å². The Morgan fingerprint density at radius 3 is 2.57 bits per heavy atom. The van der Waals surface area contributed by atoms with Crippen LogP contribution in [0, 0.1) is 17.3 Å². The number of esters is 1. The van der Waals surface area contributed by atoms with Gasteiger partial charge in [-0.3, -0.25) is 9.59 Å². The number of carbonyl (C=O) groups excluding carboxylic acids is 2. The minimum atomic E-state index is -0.742. The molecule has 4 fully saturated rings. The second kappa shape index (κ2) is 5.94. The van der Waals surface area contributed by atoms with Gasteiger partial charge in [-0.25, -0.2) is 4.79 Å². The van der Waals surface area contributed by atoms with Crippen LogP contribution in [-0.2, 0) is 14.3 Å². The van der Waals surface area contributed by atoms with Gasteiger partial charge in [0.15, 0.2) is 6.61 Å². The molecule has 8 heteroatoms. The molecule has 2 atom stereocenters. The molecule has 6 rings (SSSR count). The molecule has 28 heavy (non-hydrogen) atoms. The van der Waals surface area contributed by atoms with Gasteiger partial charge in [-0.2, -0.15) is 0 Å². The maximum absolute atomic E-state index is 12.8. The summed E-state index contributed by atoms with van der Waals surface area (Å²) in [4.78, 5) is 41.6. The highest BCUT2D eigenvalue weighted by molar-refractivity contribution is 5.95. The van der Waals surface area contributed by atoms with E-state index in [-0.39, 0.29) is 18.3 Å². The second-order valence-electron chi connectivity index (χ2n) is 8.93. The first kappa shape index (κ1) is 17.5. The molecular formula is C20H23N3O5. The number of hydrogen-bond donors (Lipinski definition) is 4.